The number of aliphatic hydroxyl groups is 1. The second-order valence-electron chi connectivity index (χ2n) is 6.79. The number of hydrogen-bond donors (Lipinski definition) is 2. The van der Waals surface area contributed by atoms with Crippen molar-refractivity contribution in [2.24, 2.45) is 5.92 Å². The lowest BCUT2D eigenvalue weighted by molar-refractivity contribution is 0.0234. The van der Waals surface area contributed by atoms with Gasteiger partial charge >= 0.3 is 0 Å². The number of H-pyrrole nitrogens is 1. The van der Waals surface area contributed by atoms with E-state index < -0.39 is 0 Å². The molecule has 0 aliphatic carbocycles. The number of hydrogen-bond acceptors (Lipinski definition) is 3. The van der Waals surface area contributed by atoms with Gasteiger partial charge < -0.3 is 10.1 Å². The fourth-order valence-electron chi connectivity index (χ4n) is 3.50. The Morgan fingerprint density at radius 1 is 1.42 bits per heavy atom. The van der Waals surface area contributed by atoms with Crippen LogP contribution in [0.4, 0.5) is 4.39 Å². The fourth-order valence-corrected chi connectivity index (χ4v) is 3.50. The minimum atomic E-state index is -0.323. The van der Waals surface area contributed by atoms with E-state index in [1.165, 1.54) is 6.07 Å². The molecule has 2 atom stereocenters. The van der Waals surface area contributed by atoms with E-state index in [-0.39, 0.29) is 17.8 Å². The van der Waals surface area contributed by atoms with Crippen molar-refractivity contribution < 1.29 is 9.50 Å². The molecule has 1 aliphatic rings. The molecule has 1 aliphatic heterocycles. The highest BCUT2D eigenvalue weighted by Crippen LogP contribution is 2.23. The third kappa shape index (κ3) is 4.02. The average molecular weight is 331 g/mol. The lowest BCUT2D eigenvalue weighted by Crippen LogP contribution is -2.43. The predicted octanol–water partition coefficient (Wildman–Crippen LogP) is 2.85. The van der Waals surface area contributed by atoms with Gasteiger partial charge in [-0.05, 0) is 37.5 Å². The monoisotopic (exact) mass is 331 g/mol. The van der Waals surface area contributed by atoms with Crippen LogP contribution in [0.2, 0.25) is 0 Å². The highest BCUT2D eigenvalue weighted by atomic mass is 19.1. The minimum Gasteiger partial charge on any atom is -0.393 e. The summed E-state index contributed by atoms with van der Waals surface area (Å²) in [7, 11) is 0. The number of aliphatic hydroxyl groups excluding tert-OH is 1. The van der Waals surface area contributed by atoms with E-state index in [4.69, 9.17) is 0 Å². The number of nitrogens with zero attached hydrogens (tertiary/aromatic N) is 2. The molecule has 0 radical (unpaired) electrons. The maximum atomic E-state index is 13.4. The lowest BCUT2D eigenvalue weighted by atomic mass is 9.88. The molecule has 2 heterocycles. The number of rotatable bonds is 5. The number of nitrogens with one attached hydrogen (secondary N) is 1. The zero-order valence-corrected chi connectivity index (χ0v) is 14.4. The van der Waals surface area contributed by atoms with Crippen molar-refractivity contribution >= 4 is 0 Å². The van der Waals surface area contributed by atoms with Gasteiger partial charge in [0.15, 0.2) is 0 Å². The highest BCUT2D eigenvalue weighted by molar-refractivity contribution is 5.18. The minimum absolute atomic E-state index is 0.130. The highest BCUT2D eigenvalue weighted by Gasteiger charge is 2.28. The van der Waals surface area contributed by atoms with Crippen molar-refractivity contribution in [2.75, 3.05) is 13.1 Å². The zero-order valence-electron chi connectivity index (χ0n) is 14.4. The van der Waals surface area contributed by atoms with Crippen molar-refractivity contribution in [1.29, 1.82) is 0 Å². The first kappa shape index (κ1) is 17.1. The molecule has 5 heteroatoms. The van der Waals surface area contributed by atoms with E-state index >= 15 is 0 Å². The molecule has 1 saturated heterocycles. The molecule has 1 aromatic carbocycles. The van der Waals surface area contributed by atoms with Crippen molar-refractivity contribution in [3.63, 3.8) is 0 Å². The Labute approximate surface area is 142 Å². The first-order chi connectivity index (χ1) is 11.5. The van der Waals surface area contributed by atoms with Gasteiger partial charge in [-0.2, -0.15) is 0 Å². The number of imidazole rings is 1. The van der Waals surface area contributed by atoms with Crippen LogP contribution in [-0.4, -0.2) is 39.2 Å². The summed E-state index contributed by atoms with van der Waals surface area (Å²) in [6.07, 6.45) is 2.04. The summed E-state index contributed by atoms with van der Waals surface area (Å²) in [4.78, 5) is 10.3. The SMILES string of the molecule is CCc1nc(CN2CC[C@@H](O)[C@H](Cc3cccc(F)c3)C2)c(C)[nH]1. The first-order valence-corrected chi connectivity index (χ1v) is 8.74. The first-order valence-electron chi connectivity index (χ1n) is 8.74. The second kappa shape index (κ2) is 7.45. The molecule has 0 bridgehead atoms. The Morgan fingerprint density at radius 2 is 2.25 bits per heavy atom. The van der Waals surface area contributed by atoms with Crippen LogP contribution >= 0.6 is 0 Å². The zero-order chi connectivity index (χ0) is 17.1. The van der Waals surface area contributed by atoms with Crippen molar-refractivity contribution in [1.82, 2.24) is 14.9 Å². The summed E-state index contributed by atoms with van der Waals surface area (Å²) in [5.74, 6) is 0.940. The maximum Gasteiger partial charge on any atom is 0.123 e. The molecule has 0 saturated carbocycles. The average Bonchev–Trinajstić information content (AvgIpc) is 2.91. The fraction of sp³-hybridized carbons (Fsp3) is 0.526. The molecule has 24 heavy (non-hydrogen) atoms. The molecule has 4 nitrogen and oxygen atoms in total. The Hall–Kier alpha value is -1.72. The second-order valence-corrected chi connectivity index (χ2v) is 6.79. The van der Waals surface area contributed by atoms with Crippen LogP contribution in [0.25, 0.3) is 0 Å². The molecule has 2 N–H and O–H groups in total. The number of aromatic nitrogens is 2. The Morgan fingerprint density at radius 3 is 2.96 bits per heavy atom. The van der Waals surface area contributed by atoms with E-state index in [2.05, 4.69) is 28.7 Å². The molecule has 3 rings (SSSR count). The maximum absolute atomic E-state index is 13.4. The lowest BCUT2D eigenvalue weighted by Gasteiger charge is -2.36. The largest absolute Gasteiger partial charge is 0.393 e. The Bertz CT molecular complexity index is 685. The Balaban J connectivity index is 1.65. The van der Waals surface area contributed by atoms with Gasteiger partial charge in [-0.15, -0.1) is 0 Å². The van der Waals surface area contributed by atoms with Crippen LogP contribution in [0, 0.1) is 18.7 Å². The van der Waals surface area contributed by atoms with Gasteiger partial charge in [0.05, 0.1) is 11.8 Å². The molecule has 0 spiro atoms. The molecule has 1 aromatic heterocycles. The number of aryl methyl sites for hydroxylation is 2. The molecule has 1 fully saturated rings. The number of halogens is 1. The van der Waals surface area contributed by atoms with Crippen LogP contribution in [0.15, 0.2) is 24.3 Å². The standard InChI is InChI=1S/C19H26FN3O/c1-3-19-21-13(2)17(22-19)12-23-8-7-18(24)15(11-23)9-14-5-4-6-16(20)10-14/h4-6,10,15,18,24H,3,7-9,11-12H2,1-2H3,(H,21,22)/t15-,18-/m1/s1. The quantitative estimate of drug-likeness (QED) is 0.886. The third-order valence-corrected chi connectivity index (χ3v) is 4.91. The summed E-state index contributed by atoms with van der Waals surface area (Å²) < 4.78 is 13.4. The molecular formula is C19H26FN3O. The van der Waals surface area contributed by atoms with E-state index in [9.17, 15) is 9.50 Å². The summed E-state index contributed by atoms with van der Waals surface area (Å²) in [5, 5.41) is 10.3. The van der Waals surface area contributed by atoms with Crippen LogP contribution < -0.4 is 0 Å². The van der Waals surface area contributed by atoms with E-state index in [1.54, 1.807) is 12.1 Å². The van der Waals surface area contributed by atoms with E-state index in [0.29, 0.717) is 6.42 Å². The molecule has 2 aromatic rings. The normalized spacial score (nSPS) is 22.0. The number of likely N-dealkylation sites (tertiary alicyclic amines) is 1. The molecular weight excluding hydrogens is 305 g/mol. The van der Waals surface area contributed by atoms with Crippen LogP contribution in [-0.2, 0) is 19.4 Å². The van der Waals surface area contributed by atoms with Crippen LogP contribution in [0.3, 0.4) is 0 Å². The predicted molar refractivity (Wildman–Crippen MR) is 92.2 cm³/mol. The van der Waals surface area contributed by atoms with E-state index in [0.717, 1.165) is 55.3 Å². The van der Waals surface area contributed by atoms with E-state index in [1.807, 2.05) is 6.07 Å². The van der Waals surface area contributed by atoms with Gasteiger partial charge in [0.2, 0.25) is 0 Å². The third-order valence-electron chi connectivity index (χ3n) is 4.91. The topological polar surface area (TPSA) is 52.1 Å². The number of piperidine rings is 1. The number of aromatic amines is 1. The summed E-state index contributed by atoms with van der Waals surface area (Å²) >= 11 is 0. The van der Waals surface area contributed by atoms with Crippen molar-refractivity contribution in [3.8, 4) is 0 Å². The van der Waals surface area contributed by atoms with Gasteiger partial charge in [0.25, 0.3) is 0 Å². The van der Waals surface area contributed by atoms with Gasteiger partial charge in [-0.25, -0.2) is 9.37 Å². The van der Waals surface area contributed by atoms with Crippen molar-refractivity contribution in [2.45, 2.75) is 45.8 Å². The van der Waals surface area contributed by atoms with Gasteiger partial charge in [0.1, 0.15) is 11.6 Å². The summed E-state index contributed by atoms with van der Waals surface area (Å²) in [6, 6.07) is 6.69. The summed E-state index contributed by atoms with van der Waals surface area (Å²) in [5.41, 5.74) is 3.16. The van der Waals surface area contributed by atoms with Crippen molar-refractivity contribution in [3.05, 3.63) is 52.9 Å². The molecule has 130 valence electrons. The Kier molecular flexibility index (Phi) is 5.31. The van der Waals surface area contributed by atoms with Crippen LogP contribution in [0.5, 0.6) is 0 Å². The van der Waals surface area contributed by atoms with Gasteiger partial charge in [-0.3, -0.25) is 4.90 Å². The summed E-state index contributed by atoms with van der Waals surface area (Å²) in [6.45, 7) is 6.63. The molecule has 0 unspecified atom stereocenters. The van der Waals surface area contributed by atoms with Gasteiger partial charge in [0, 0.05) is 37.7 Å². The number of benzene rings is 1. The smallest absolute Gasteiger partial charge is 0.123 e. The van der Waals surface area contributed by atoms with Gasteiger partial charge in [-0.1, -0.05) is 19.1 Å². The van der Waals surface area contributed by atoms with Crippen LogP contribution in [0.1, 0.15) is 36.1 Å². The molecule has 0 amide bonds.